The number of ketones is 1. The second-order valence-corrected chi connectivity index (χ2v) is 7.55. The Morgan fingerprint density at radius 1 is 1.04 bits per heavy atom. The third kappa shape index (κ3) is 2.97. The van der Waals surface area contributed by atoms with Crippen LogP contribution in [0.15, 0.2) is 65.8 Å². The number of Topliss-reactive ketones (excluding diaryl/α,β-unsaturated/α-hetero) is 1. The lowest BCUT2D eigenvalue weighted by atomic mass is 9.69. The molecule has 0 bridgehead atoms. The zero-order valence-electron chi connectivity index (χ0n) is 15.8. The highest BCUT2D eigenvalue weighted by atomic mass is 16.7. The minimum absolute atomic E-state index is 0.0606. The summed E-state index contributed by atoms with van der Waals surface area (Å²) in [5.74, 6) is -1.05. The molecule has 1 N–H and O–H groups in total. The molecule has 1 fully saturated rings. The average Bonchev–Trinajstić information content (AvgIpc) is 3.24. The van der Waals surface area contributed by atoms with Gasteiger partial charge in [-0.05, 0) is 25.0 Å². The third-order valence-electron chi connectivity index (χ3n) is 5.33. The van der Waals surface area contributed by atoms with Gasteiger partial charge in [0, 0.05) is 6.92 Å². The molecule has 27 heavy (non-hydrogen) atoms. The molecule has 0 spiro atoms. The zero-order valence-corrected chi connectivity index (χ0v) is 15.8. The van der Waals surface area contributed by atoms with E-state index in [1.165, 1.54) is 0 Å². The van der Waals surface area contributed by atoms with Crippen molar-refractivity contribution in [2.75, 3.05) is 6.61 Å². The maximum atomic E-state index is 12.5. The van der Waals surface area contributed by atoms with Crippen LogP contribution in [0.3, 0.4) is 0 Å². The Labute approximate surface area is 159 Å². The van der Waals surface area contributed by atoms with E-state index in [1.54, 1.807) is 6.92 Å². The highest BCUT2D eigenvalue weighted by Gasteiger charge is 2.56. The number of ether oxygens (including phenoxy) is 2. The van der Waals surface area contributed by atoms with E-state index >= 15 is 0 Å². The Bertz CT molecular complexity index is 822. The minimum Gasteiger partial charge on any atom is -0.348 e. The Morgan fingerprint density at radius 2 is 1.59 bits per heavy atom. The fourth-order valence-electron chi connectivity index (χ4n) is 4.18. The van der Waals surface area contributed by atoms with E-state index < -0.39 is 11.3 Å². The first-order chi connectivity index (χ1) is 12.9. The third-order valence-corrected chi connectivity index (χ3v) is 5.33. The molecule has 2 aliphatic heterocycles. The molecule has 5 nitrogen and oxygen atoms in total. The fourth-order valence-corrected chi connectivity index (χ4v) is 4.18. The number of hydrazone groups is 1. The molecule has 2 heterocycles. The average molecular weight is 364 g/mol. The number of carbonyl (C=O) groups excluding carboxylic acids is 1. The second-order valence-electron chi connectivity index (χ2n) is 7.55. The molecule has 0 amide bonds. The van der Waals surface area contributed by atoms with Gasteiger partial charge in [0.05, 0.1) is 18.6 Å². The summed E-state index contributed by atoms with van der Waals surface area (Å²) in [4.78, 5) is 12.5. The molecule has 2 aliphatic rings. The van der Waals surface area contributed by atoms with Gasteiger partial charge in [-0.2, -0.15) is 5.10 Å². The van der Waals surface area contributed by atoms with Gasteiger partial charge in [-0.3, -0.25) is 10.2 Å². The van der Waals surface area contributed by atoms with Crippen molar-refractivity contribution in [3.63, 3.8) is 0 Å². The van der Waals surface area contributed by atoms with Crippen molar-refractivity contribution < 1.29 is 14.3 Å². The predicted octanol–water partition coefficient (Wildman–Crippen LogP) is 3.25. The van der Waals surface area contributed by atoms with Gasteiger partial charge in [0.2, 0.25) is 0 Å². The maximum Gasteiger partial charge on any atom is 0.176 e. The first-order valence-electron chi connectivity index (χ1n) is 9.22. The zero-order chi connectivity index (χ0) is 19.1. The Hall–Kier alpha value is -2.50. The number of rotatable bonds is 4. The monoisotopic (exact) mass is 364 g/mol. The van der Waals surface area contributed by atoms with Crippen LogP contribution in [-0.4, -0.2) is 30.0 Å². The van der Waals surface area contributed by atoms with E-state index in [0.717, 1.165) is 11.1 Å². The SMILES string of the molecule is CC(=O)C1=NNC(c2ccccc2)(c2ccccc2)[C@H]1[C@H]1COC(C)(C)O1. The summed E-state index contributed by atoms with van der Waals surface area (Å²) in [7, 11) is 0. The van der Waals surface area contributed by atoms with Crippen LogP contribution >= 0.6 is 0 Å². The number of carbonyl (C=O) groups is 1. The number of nitrogens with zero attached hydrogens (tertiary/aromatic N) is 1. The minimum atomic E-state index is -0.696. The number of benzene rings is 2. The van der Waals surface area contributed by atoms with Crippen LogP contribution in [0.5, 0.6) is 0 Å². The largest absolute Gasteiger partial charge is 0.348 e. The van der Waals surface area contributed by atoms with Gasteiger partial charge in [-0.1, -0.05) is 60.7 Å². The molecule has 0 aromatic heterocycles. The summed E-state index contributed by atoms with van der Waals surface area (Å²) >= 11 is 0. The summed E-state index contributed by atoms with van der Waals surface area (Å²) in [5, 5.41) is 4.50. The first kappa shape index (κ1) is 17.9. The quantitative estimate of drug-likeness (QED) is 0.905. The van der Waals surface area contributed by atoms with Crippen LogP contribution in [0.4, 0.5) is 0 Å². The van der Waals surface area contributed by atoms with E-state index in [9.17, 15) is 4.79 Å². The highest BCUT2D eigenvalue weighted by Crippen LogP contribution is 2.45. The van der Waals surface area contributed by atoms with Gasteiger partial charge in [-0.25, -0.2) is 0 Å². The van der Waals surface area contributed by atoms with Gasteiger partial charge in [-0.15, -0.1) is 0 Å². The molecule has 2 atom stereocenters. The van der Waals surface area contributed by atoms with Crippen molar-refractivity contribution in [3.05, 3.63) is 71.8 Å². The van der Waals surface area contributed by atoms with Crippen LogP contribution in [0.1, 0.15) is 31.9 Å². The highest BCUT2D eigenvalue weighted by molar-refractivity contribution is 6.40. The molecule has 0 unspecified atom stereocenters. The molecular weight excluding hydrogens is 340 g/mol. The topological polar surface area (TPSA) is 59.9 Å². The van der Waals surface area contributed by atoms with Gasteiger partial charge < -0.3 is 9.47 Å². The Balaban J connectivity index is 1.90. The number of nitrogens with one attached hydrogen (secondary N) is 1. The lowest BCUT2D eigenvalue weighted by molar-refractivity contribution is -0.144. The molecule has 0 saturated carbocycles. The van der Waals surface area contributed by atoms with Gasteiger partial charge in [0.15, 0.2) is 11.6 Å². The van der Waals surface area contributed by atoms with E-state index in [4.69, 9.17) is 9.47 Å². The first-order valence-corrected chi connectivity index (χ1v) is 9.22. The molecule has 0 aliphatic carbocycles. The van der Waals surface area contributed by atoms with Crippen molar-refractivity contribution in [1.82, 2.24) is 5.43 Å². The van der Waals surface area contributed by atoms with Gasteiger partial charge in [0.1, 0.15) is 11.3 Å². The van der Waals surface area contributed by atoms with Crippen LogP contribution in [-0.2, 0) is 19.8 Å². The summed E-state index contributed by atoms with van der Waals surface area (Å²) in [6.07, 6.45) is -0.293. The Morgan fingerprint density at radius 3 is 2.04 bits per heavy atom. The summed E-state index contributed by atoms with van der Waals surface area (Å²) in [5.41, 5.74) is 5.19. The van der Waals surface area contributed by atoms with Crippen molar-refractivity contribution in [2.24, 2.45) is 11.0 Å². The summed E-state index contributed by atoms with van der Waals surface area (Å²) in [6.45, 7) is 5.76. The van der Waals surface area contributed by atoms with Crippen molar-refractivity contribution in [1.29, 1.82) is 0 Å². The van der Waals surface area contributed by atoms with E-state index in [2.05, 4.69) is 34.8 Å². The predicted molar refractivity (Wildman–Crippen MR) is 103 cm³/mol. The standard InChI is InChI=1S/C22H24N2O3/c1-15(25)20-19(18-14-26-21(2,3)27-18)22(24-23-20,16-10-6-4-7-11-16)17-12-8-5-9-13-17/h4-13,18-19,24H,14H2,1-3H3/t18-,19+/m1/s1. The molecule has 1 saturated heterocycles. The molecule has 2 aromatic carbocycles. The van der Waals surface area contributed by atoms with Crippen LogP contribution in [0, 0.1) is 5.92 Å². The van der Waals surface area contributed by atoms with Crippen LogP contribution < -0.4 is 5.43 Å². The smallest absolute Gasteiger partial charge is 0.176 e. The van der Waals surface area contributed by atoms with Crippen molar-refractivity contribution in [3.8, 4) is 0 Å². The summed E-state index contributed by atoms with van der Waals surface area (Å²) < 4.78 is 12.1. The fraction of sp³-hybridized carbons (Fsp3) is 0.364. The molecular formula is C22H24N2O3. The normalized spacial score (nSPS) is 25.7. The molecule has 140 valence electrons. The van der Waals surface area contributed by atoms with E-state index in [0.29, 0.717) is 12.3 Å². The number of hydrogen-bond acceptors (Lipinski definition) is 5. The lowest BCUT2D eigenvalue weighted by Crippen LogP contribution is -2.51. The Kier molecular flexibility index (Phi) is 4.36. The lowest BCUT2D eigenvalue weighted by Gasteiger charge is -2.39. The van der Waals surface area contributed by atoms with Crippen LogP contribution in [0.25, 0.3) is 0 Å². The second kappa shape index (κ2) is 6.59. The molecule has 2 aromatic rings. The summed E-state index contributed by atoms with van der Waals surface area (Å²) in [6, 6.07) is 20.2. The van der Waals surface area contributed by atoms with Gasteiger partial charge >= 0.3 is 0 Å². The van der Waals surface area contributed by atoms with Gasteiger partial charge in [0.25, 0.3) is 0 Å². The van der Waals surface area contributed by atoms with Crippen molar-refractivity contribution in [2.45, 2.75) is 38.2 Å². The van der Waals surface area contributed by atoms with Crippen molar-refractivity contribution >= 4 is 11.5 Å². The number of hydrogen-bond donors (Lipinski definition) is 1. The molecule has 4 rings (SSSR count). The van der Waals surface area contributed by atoms with E-state index in [1.807, 2.05) is 50.2 Å². The molecule has 0 radical (unpaired) electrons. The molecule has 5 heteroatoms. The van der Waals surface area contributed by atoms with E-state index in [-0.39, 0.29) is 17.8 Å². The maximum absolute atomic E-state index is 12.5. The van der Waals surface area contributed by atoms with Crippen LogP contribution in [0.2, 0.25) is 0 Å².